The quantitative estimate of drug-likeness (QED) is 0.866. The fourth-order valence-electron chi connectivity index (χ4n) is 2.94. The number of carbonyl (C=O) groups excluding carboxylic acids is 1. The number of benzene rings is 2. The zero-order chi connectivity index (χ0) is 17.6. The van der Waals surface area contributed by atoms with Crippen LogP contribution in [0.25, 0.3) is 0 Å². The standard InChI is InChI=1S/C19H21Cl2N3O/c20-16-4-1-3-15(11-16)13-22-19(25)14-23-7-9-24(10-8-23)18-6-2-5-17(21)12-18/h1-6,11-12H,7-10,13-14H2,(H,22,25). The van der Waals surface area contributed by atoms with E-state index in [2.05, 4.69) is 21.2 Å². The van der Waals surface area contributed by atoms with Crippen LogP contribution in [0.4, 0.5) is 5.69 Å². The van der Waals surface area contributed by atoms with Crippen LogP contribution in [0.15, 0.2) is 48.5 Å². The Morgan fingerprint density at radius 2 is 1.64 bits per heavy atom. The predicted octanol–water partition coefficient (Wildman–Crippen LogP) is 3.43. The minimum absolute atomic E-state index is 0.0381. The van der Waals surface area contributed by atoms with Crippen LogP contribution in [0.1, 0.15) is 5.56 Å². The van der Waals surface area contributed by atoms with E-state index < -0.39 is 0 Å². The molecular formula is C19H21Cl2N3O. The van der Waals surface area contributed by atoms with Gasteiger partial charge in [-0.15, -0.1) is 0 Å². The van der Waals surface area contributed by atoms with Gasteiger partial charge in [0.15, 0.2) is 0 Å². The summed E-state index contributed by atoms with van der Waals surface area (Å²) in [5, 5.41) is 4.39. The van der Waals surface area contributed by atoms with Crippen LogP contribution < -0.4 is 10.2 Å². The van der Waals surface area contributed by atoms with E-state index in [4.69, 9.17) is 23.2 Å². The highest BCUT2D eigenvalue weighted by Gasteiger charge is 2.19. The van der Waals surface area contributed by atoms with Gasteiger partial charge in [0.2, 0.25) is 5.91 Å². The smallest absolute Gasteiger partial charge is 0.234 e. The SMILES string of the molecule is O=C(CN1CCN(c2cccc(Cl)c2)CC1)NCc1cccc(Cl)c1. The van der Waals surface area contributed by atoms with E-state index in [-0.39, 0.29) is 5.91 Å². The van der Waals surface area contributed by atoms with Gasteiger partial charge in [-0.25, -0.2) is 0 Å². The largest absolute Gasteiger partial charge is 0.369 e. The lowest BCUT2D eigenvalue weighted by Gasteiger charge is -2.35. The molecular weight excluding hydrogens is 357 g/mol. The van der Waals surface area contributed by atoms with Gasteiger partial charge in [0, 0.05) is 48.5 Å². The second kappa shape index (κ2) is 8.56. The van der Waals surface area contributed by atoms with Crippen molar-refractivity contribution in [2.45, 2.75) is 6.54 Å². The minimum atomic E-state index is 0.0381. The van der Waals surface area contributed by atoms with E-state index in [1.807, 2.05) is 42.5 Å². The molecule has 0 saturated carbocycles. The summed E-state index contributed by atoms with van der Waals surface area (Å²) in [5.74, 6) is 0.0381. The average molecular weight is 378 g/mol. The molecule has 1 saturated heterocycles. The highest BCUT2D eigenvalue weighted by Crippen LogP contribution is 2.20. The summed E-state index contributed by atoms with van der Waals surface area (Å²) in [4.78, 5) is 16.6. The second-order valence-corrected chi connectivity index (χ2v) is 7.02. The first-order valence-electron chi connectivity index (χ1n) is 8.34. The summed E-state index contributed by atoms with van der Waals surface area (Å²) >= 11 is 12.0. The molecule has 1 aliphatic heterocycles. The monoisotopic (exact) mass is 377 g/mol. The van der Waals surface area contributed by atoms with Crippen LogP contribution in [-0.2, 0) is 11.3 Å². The number of nitrogens with zero attached hydrogens (tertiary/aromatic N) is 2. The molecule has 0 atom stereocenters. The number of halogens is 2. The Balaban J connectivity index is 1.43. The molecule has 0 spiro atoms. The van der Waals surface area contributed by atoms with Gasteiger partial charge in [0.05, 0.1) is 6.54 Å². The molecule has 0 bridgehead atoms. The van der Waals surface area contributed by atoms with Crippen molar-refractivity contribution in [3.05, 3.63) is 64.1 Å². The molecule has 0 radical (unpaired) electrons. The van der Waals surface area contributed by atoms with Gasteiger partial charge in [-0.1, -0.05) is 41.4 Å². The summed E-state index contributed by atoms with van der Waals surface area (Å²) < 4.78 is 0. The lowest BCUT2D eigenvalue weighted by Crippen LogP contribution is -2.49. The van der Waals surface area contributed by atoms with E-state index >= 15 is 0 Å². The number of rotatable bonds is 5. The summed E-state index contributed by atoms with van der Waals surface area (Å²) in [5.41, 5.74) is 2.14. The molecule has 4 nitrogen and oxygen atoms in total. The van der Waals surface area contributed by atoms with E-state index in [1.165, 1.54) is 0 Å². The van der Waals surface area contributed by atoms with Gasteiger partial charge in [0.25, 0.3) is 0 Å². The molecule has 1 fully saturated rings. The highest BCUT2D eigenvalue weighted by molar-refractivity contribution is 6.31. The summed E-state index contributed by atoms with van der Waals surface area (Å²) in [6, 6.07) is 15.4. The maximum atomic E-state index is 12.1. The van der Waals surface area contributed by atoms with Crippen LogP contribution in [0.5, 0.6) is 0 Å². The number of carbonyl (C=O) groups is 1. The molecule has 0 aliphatic carbocycles. The molecule has 2 aromatic carbocycles. The summed E-state index contributed by atoms with van der Waals surface area (Å²) in [7, 11) is 0. The third kappa shape index (κ3) is 5.36. The van der Waals surface area contributed by atoms with Crippen molar-refractivity contribution < 1.29 is 4.79 Å². The van der Waals surface area contributed by atoms with E-state index in [0.717, 1.165) is 42.5 Å². The van der Waals surface area contributed by atoms with Crippen LogP contribution in [0, 0.1) is 0 Å². The van der Waals surface area contributed by atoms with Crippen molar-refractivity contribution in [1.29, 1.82) is 0 Å². The first kappa shape index (κ1) is 18.1. The fourth-order valence-corrected chi connectivity index (χ4v) is 3.34. The molecule has 3 rings (SSSR count). The Bertz CT molecular complexity index is 730. The number of nitrogens with one attached hydrogen (secondary N) is 1. The highest BCUT2D eigenvalue weighted by atomic mass is 35.5. The van der Waals surface area contributed by atoms with Gasteiger partial charge in [-0.3, -0.25) is 9.69 Å². The first-order valence-corrected chi connectivity index (χ1v) is 9.10. The van der Waals surface area contributed by atoms with Crippen molar-refractivity contribution in [1.82, 2.24) is 10.2 Å². The minimum Gasteiger partial charge on any atom is -0.369 e. The van der Waals surface area contributed by atoms with E-state index in [9.17, 15) is 4.79 Å². The lowest BCUT2D eigenvalue weighted by atomic mass is 10.2. The van der Waals surface area contributed by atoms with Crippen molar-refractivity contribution >= 4 is 34.8 Å². The molecule has 25 heavy (non-hydrogen) atoms. The molecule has 0 unspecified atom stereocenters. The Hall–Kier alpha value is -1.75. The van der Waals surface area contributed by atoms with Gasteiger partial charge < -0.3 is 10.2 Å². The summed E-state index contributed by atoms with van der Waals surface area (Å²) in [6.07, 6.45) is 0. The number of hydrogen-bond acceptors (Lipinski definition) is 3. The van der Waals surface area contributed by atoms with Crippen LogP contribution >= 0.6 is 23.2 Å². The van der Waals surface area contributed by atoms with Gasteiger partial charge >= 0.3 is 0 Å². The van der Waals surface area contributed by atoms with Crippen molar-refractivity contribution in [2.75, 3.05) is 37.6 Å². The molecule has 2 aromatic rings. The molecule has 1 N–H and O–H groups in total. The predicted molar refractivity (Wildman–Crippen MR) is 103 cm³/mol. The summed E-state index contributed by atoms with van der Waals surface area (Å²) in [6.45, 7) is 4.42. The van der Waals surface area contributed by atoms with Crippen LogP contribution in [0.3, 0.4) is 0 Å². The Kier molecular flexibility index (Phi) is 6.19. The third-order valence-corrected chi connectivity index (χ3v) is 4.76. The molecule has 1 heterocycles. The second-order valence-electron chi connectivity index (χ2n) is 6.15. The van der Waals surface area contributed by atoms with Crippen LogP contribution in [-0.4, -0.2) is 43.5 Å². The van der Waals surface area contributed by atoms with Crippen LogP contribution in [0.2, 0.25) is 10.0 Å². The number of piperazine rings is 1. The normalized spacial score (nSPS) is 15.2. The molecule has 1 amide bonds. The van der Waals surface area contributed by atoms with Crippen molar-refractivity contribution in [3.63, 3.8) is 0 Å². The van der Waals surface area contributed by atoms with E-state index in [1.54, 1.807) is 0 Å². The lowest BCUT2D eigenvalue weighted by molar-refractivity contribution is -0.122. The first-order chi connectivity index (χ1) is 12.1. The topological polar surface area (TPSA) is 35.6 Å². The number of hydrogen-bond donors (Lipinski definition) is 1. The fraction of sp³-hybridized carbons (Fsp3) is 0.316. The van der Waals surface area contributed by atoms with Crippen molar-refractivity contribution in [3.8, 4) is 0 Å². The Labute approximate surface area is 158 Å². The maximum Gasteiger partial charge on any atom is 0.234 e. The van der Waals surface area contributed by atoms with Crippen molar-refractivity contribution in [2.24, 2.45) is 0 Å². The van der Waals surface area contributed by atoms with Gasteiger partial charge in [-0.2, -0.15) is 0 Å². The van der Waals surface area contributed by atoms with Gasteiger partial charge in [-0.05, 0) is 35.9 Å². The zero-order valence-corrected chi connectivity index (χ0v) is 15.4. The Morgan fingerprint density at radius 1 is 0.960 bits per heavy atom. The zero-order valence-electron chi connectivity index (χ0n) is 13.9. The van der Waals surface area contributed by atoms with Gasteiger partial charge in [0.1, 0.15) is 0 Å². The van der Waals surface area contributed by atoms with E-state index in [0.29, 0.717) is 18.1 Å². The molecule has 132 valence electrons. The Morgan fingerprint density at radius 3 is 2.32 bits per heavy atom. The maximum absolute atomic E-state index is 12.1. The molecule has 6 heteroatoms. The third-order valence-electron chi connectivity index (χ3n) is 4.29. The average Bonchev–Trinajstić information content (AvgIpc) is 2.61. The number of anilines is 1. The number of amides is 1. The molecule has 1 aliphatic rings. The molecule has 0 aromatic heterocycles.